The van der Waals surface area contributed by atoms with Crippen LogP contribution in [0.3, 0.4) is 0 Å². The highest BCUT2D eigenvalue weighted by atomic mass is 79.9. The molecule has 0 atom stereocenters. The van der Waals surface area contributed by atoms with E-state index in [1.165, 1.54) is 0 Å². The van der Waals surface area contributed by atoms with Crippen molar-refractivity contribution >= 4 is 27.6 Å². The SMILES string of the molecule is CCC1(C(=O)O)CCN(c2cccc(Br)c2C#N)CC1. The van der Waals surface area contributed by atoms with E-state index in [4.69, 9.17) is 0 Å². The third kappa shape index (κ3) is 2.53. The van der Waals surface area contributed by atoms with Gasteiger partial charge in [-0.05, 0) is 47.3 Å². The average Bonchev–Trinajstić information content (AvgIpc) is 2.47. The van der Waals surface area contributed by atoms with E-state index in [1.807, 2.05) is 25.1 Å². The van der Waals surface area contributed by atoms with Crippen molar-refractivity contribution in [2.45, 2.75) is 26.2 Å². The lowest BCUT2D eigenvalue weighted by Gasteiger charge is -2.39. The predicted molar refractivity (Wildman–Crippen MR) is 80.7 cm³/mol. The Morgan fingerprint density at radius 1 is 1.50 bits per heavy atom. The van der Waals surface area contributed by atoms with Crippen molar-refractivity contribution in [2.24, 2.45) is 5.41 Å². The monoisotopic (exact) mass is 336 g/mol. The van der Waals surface area contributed by atoms with E-state index in [-0.39, 0.29) is 0 Å². The highest BCUT2D eigenvalue weighted by Gasteiger charge is 2.40. The molecule has 1 saturated heterocycles. The smallest absolute Gasteiger partial charge is 0.309 e. The summed E-state index contributed by atoms with van der Waals surface area (Å²) < 4.78 is 0.781. The van der Waals surface area contributed by atoms with Gasteiger partial charge in [0.25, 0.3) is 0 Å². The number of nitriles is 1. The number of halogens is 1. The highest BCUT2D eigenvalue weighted by molar-refractivity contribution is 9.10. The van der Waals surface area contributed by atoms with E-state index in [0.29, 0.717) is 37.9 Å². The van der Waals surface area contributed by atoms with Crippen molar-refractivity contribution in [3.63, 3.8) is 0 Å². The van der Waals surface area contributed by atoms with Gasteiger partial charge in [-0.3, -0.25) is 4.79 Å². The summed E-state index contributed by atoms with van der Waals surface area (Å²) in [4.78, 5) is 13.6. The van der Waals surface area contributed by atoms with E-state index in [9.17, 15) is 15.2 Å². The molecule has 4 nitrogen and oxygen atoms in total. The van der Waals surface area contributed by atoms with E-state index < -0.39 is 11.4 Å². The number of aliphatic carboxylic acids is 1. The van der Waals surface area contributed by atoms with E-state index >= 15 is 0 Å². The van der Waals surface area contributed by atoms with E-state index in [1.54, 1.807) is 0 Å². The summed E-state index contributed by atoms with van der Waals surface area (Å²) in [6.07, 6.45) is 1.90. The van der Waals surface area contributed by atoms with Gasteiger partial charge in [0.05, 0.1) is 16.7 Å². The number of rotatable bonds is 3. The Hall–Kier alpha value is -1.54. The number of anilines is 1. The Labute approximate surface area is 127 Å². The van der Waals surface area contributed by atoms with Crippen LogP contribution in [0.25, 0.3) is 0 Å². The Morgan fingerprint density at radius 3 is 2.65 bits per heavy atom. The Balaban J connectivity index is 2.22. The highest BCUT2D eigenvalue weighted by Crippen LogP contribution is 2.38. The number of hydrogen-bond donors (Lipinski definition) is 1. The topological polar surface area (TPSA) is 64.3 Å². The van der Waals surface area contributed by atoms with E-state index in [2.05, 4.69) is 26.9 Å². The number of hydrogen-bond acceptors (Lipinski definition) is 3. The van der Waals surface area contributed by atoms with Gasteiger partial charge in [0.15, 0.2) is 0 Å². The minimum Gasteiger partial charge on any atom is -0.481 e. The molecule has 0 radical (unpaired) electrons. The number of nitrogens with zero attached hydrogens (tertiary/aromatic N) is 2. The van der Waals surface area contributed by atoms with Gasteiger partial charge in [0, 0.05) is 17.6 Å². The molecule has 0 bridgehead atoms. The van der Waals surface area contributed by atoms with Gasteiger partial charge >= 0.3 is 5.97 Å². The maximum atomic E-state index is 11.4. The summed E-state index contributed by atoms with van der Waals surface area (Å²) in [7, 11) is 0. The first kappa shape index (κ1) is 14.9. The summed E-state index contributed by atoms with van der Waals surface area (Å²) >= 11 is 3.39. The molecular formula is C15H17BrN2O2. The number of carboxylic acid groups (broad SMARTS) is 1. The molecule has 2 rings (SSSR count). The van der Waals surface area contributed by atoms with Crippen LogP contribution >= 0.6 is 15.9 Å². The first-order chi connectivity index (χ1) is 9.54. The van der Waals surface area contributed by atoms with Crippen LogP contribution in [0.1, 0.15) is 31.7 Å². The second kappa shape index (κ2) is 5.84. The van der Waals surface area contributed by atoms with Crippen LogP contribution < -0.4 is 4.90 Å². The Bertz CT molecular complexity index is 557. The number of piperidine rings is 1. The summed E-state index contributed by atoms with van der Waals surface area (Å²) in [6, 6.07) is 7.88. The molecule has 1 fully saturated rings. The molecule has 0 saturated carbocycles. The second-order valence-corrected chi connectivity index (χ2v) is 6.03. The lowest BCUT2D eigenvalue weighted by Crippen LogP contribution is -2.44. The van der Waals surface area contributed by atoms with Gasteiger partial charge in [-0.15, -0.1) is 0 Å². The van der Waals surface area contributed by atoms with Crippen LogP contribution in [0.2, 0.25) is 0 Å². The molecule has 1 aromatic rings. The van der Waals surface area contributed by atoms with Crippen LogP contribution in [-0.4, -0.2) is 24.2 Å². The molecule has 0 aromatic heterocycles. The van der Waals surface area contributed by atoms with Gasteiger partial charge in [0.2, 0.25) is 0 Å². The third-order valence-corrected chi connectivity index (χ3v) is 4.96. The van der Waals surface area contributed by atoms with Crippen molar-refractivity contribution in [3.05, 3.63) is 28.2 Å². The summed E-state index contributed by atoms with van der Waals surface area (Å²) in [5.74, 6) is -0.700. The molecule has 0 spiro atoms. The molecule has 106 valence electrons. The van der Waals surface area contributed by atoms with Crippen molar-refractivity contribution in [1.82, 2.24) is 0 Å². The summed E-state index contributed by atoms with van der Waals surface area (Å²) in [6.45, 7) is 3.28. The lowest BCUT2D eigenvalue weighted by molar-refractivity contribution is -0.150. The second-order valence-electron chi connectivity index (χ2n) is 5.17. The van der Waals surface area contributed by atoms with Crippen LogP contribution in [-0.2, 0) is 4.79 Å². The molecule has 5 heteroatoms. The third-order valence-electron chi connectivity index (χ3n) is 4.30. The van der Waals surface area contributed by atoms with Crippen molar-refractivity contribution in [2.75, 3.05) is 18.0 Å². The molecular weight excluding hydrogens is 320 g/mol. The van der Waals surface area contributed by atoms with Crippen molar-refractivity contribution < 1.29 is 9.90 Å². The number of benzene rings is 1. The Kier molecular flexibility index (Phi) is 4.34. The summed E-state index contributed by atoms with van der Waals surface area (Å²) in [5, 5.41) is 18.7. The minimum atomic E-state index is -0.700. The molecule has 0 unspecified atom stereocenters. The molecule has 1 heterocycles. The number of carboxylic acids is 1. The van der Waals surface area contributed by atoms with Gasteiger partial charge < -0.3 is 10.0 Å². The van der Waals surface area contributed by atoms with Crippen LogP contribution in [0.5, 0.6) is 0 Å². The fourth-order valence-corrected chi connectivity index (χ4v) is 3.23. The fourth-order valence-electron chi connectivity index (χ4n) is 2.78. The average molecular weight is 337 g/mol. The Morgan fingerprint density at radius 2 is 2.15 bits per heavy atom. The normalized spacial score (nSPS) is 17.6. The zero-order chi connectivity index (χ0) is 14.8. The molecule has 0 amide bonds. The van der Waals surface area contributed by atoms with E-state index in [0.717, 1.165) is 10.2 Å². The first-order valence-electron chi connectivity index (χ1n) is 6.71. The van der Waals surface area contributed by atoms with Crippen molar-refractivity contribution in [1.29, 1.82) is 5.26 Å². The summed E-state index contributed by atoms with van der Waals surface area (Å²) in [5.41, 5.74) is 0.902. The largest absolute Gasteiger partial charge is 0.481 e. The standard InChI is InChI=1S/C15H17BrN2O2/c1-2-15(14(19)20)6-8-18(9-7-15)13-5-3-4-12(16)11(13)10-17/h3-5H,2,6-9H2,1H3,(H,19,20). The maximum Gasteiger partial charge on any atom is 0.309 e. The number of carbonyl (C=O) groups is 1. The van der Waals surface area contributed by atoms with Gasteiger partial charge in [-0.25, -0.2) is 0 Å². The first-order valence-corrected chi connectivity index (χ1v) is 7.50. The zero-order valence-electron chi connectivity index (χ0n) is 11.4. The zero-order valence-corrected chi connectivity index (χ0v) is 13.0. The molecule has 1 aliphatic rings. The van der Waals surface area contributed by atoms with Crippen LogP contribution in [0.15, 0.2) is 22.7 Å². The lowest BCUT2D eigenvalue weighted by atomic mass is 9.76. The molecule has 1 aromatic carbocycles. The maximum absolute atomic E-state index is 11.4. The van der Waals surface area contributed by atoms with Crippen LogP contribution in [0, 0.1) is 16.7 Å². The predicted octanol–water partition coefficient (Wildman–Crippen LogP) is 3.40. The van der Waals surface area contributed by atoms with Gasteiger partial charge in [0.1, 0.15) is 6.07 Å². The molecule has 0 aliphatic carbocycles. The minimum absolute atomic E-state index is 0.602. The fraction of sp³-hybridized carbons (Fsp3) is 0.467. The van der Waals surface area contributed by atoms with Gasteiger partial charge in [-0.1, -0.05) is 13.0 Å². The quantitative estimate of drug-likeness (QED) is 0.918. The van der Waals surface area contributed by atoms with Crippen LogP contribution in [0.4, 0.5) is 5.69 Å². The molecule has 1 aliphatic heterocycles. The molecule has 20 heavy (non-hydrogen) atoms. The molecule has 1 N–H and O–H groups in total. The van der Waals surface area contributed by atoms with Gasteiger partial charge in [-0.2, -0.15) is 5.26 Å². The van der Waals surface area contributed by atoms with Crippen molar-refractivity contribution in [3.8, 4) is 6.07 Å².